The van der Waals surface area contributed by atoms with Gasteiger partial charge >= 0.3 is 0 Å². The molecule has 0 saturated carbocycles. The van der Waals surface area contributed by atoms with Crippen LogP contribution in [0, 0.1) is 6.92 Å². The Labute approximate surface area is 126 Å². The molecule has 0 unspecified atom stereocenters. The van der Waals surface area contributed by atoms with Crippen molar-refractivity contribution in [2.75, 3.05) is 27.4 Å². The van der Waals surface area contributed by atoms with E-state index in [-0.39, 0.29) is 0 Å². The van der Waals surface area contributed by atoms with Crippen molar-refractivity contribution in [3.63, 3.8) is 0 Å². The lowest BCUT2D eigenvalue weighted by Crippen LogP contribution is -2.19. The highest BCUT2D eigenvalue weighted by atomic mass is 16.5. The molecule has 0 aliphatic carbocycles. The molecule has 2 aromatic rings. The van der Waals surface area contributed by atoms with Crippen LogP contribution in [0.2, 0.25) is 0 Å². The zero-order chi connectivity index (χ0) is 15.1. The normalized spacial score (nSPS) is 10.6. The molecular weight excluding hydrogens is 264 g/mol. The summed E-state index contributed by atoms with van der Waals surface area (Å²) in [6.07, 6.45) is 0. The van der Waals surface area contributed by atoms with Crippen molar-refractivity contribution in [1.82, 2.24) is 10.3 Å². The molecular formula is C17H22N2O2. The van der Waals surface area contributed by atoms with Crippen molar-refractivity contribution in [3.05, 3.63) is 47.7 Å². The third kappa shape index (κ3) is 4.28. The molecule has 0 atom stereocenters. The van der Waals surface area contributed by atoms with Crippen LogP contribution in [0.4, 0.5) is 0 Å². The number of hydrogen-bond acceptors (Lipinski definition) is 4. The Morgan fingerprint density at radius 1 is 1.14 bits per heavy atom. The topological polar surface area (TPSA) is 43.4 Å². The number of ether oxygens (including phenoxy) is 2. The fraction of sp³-hybridized carbons (Fsp3) is 0.353. The first-order valence-corrected chi connectivity index (χ1v) is 7.05. The van der Waals surface area contributed by atoms with Crippen LogP contribution in [0.3, 0.4) is 0 Å². The average Bonchev–Trinajstić information content (AvgIpc) is 2.53. The van der Waals surface area contributed by atoms with Crippen LogP contribution in [-0.4, -0.2) is 32.4 Å². The molecule has 1 aromatic heterocycles. The minimum absolute atomic E-state index is 0.717. The van der Waals surface area contributed by atoms with Gasteiger partial charge in [0.25, 0.3) is 0 Å². The number of rotatable bonds is 7. The van der Waals surface area contributed by atoms with Crippen molar-refractivity contribution in [2.45, 2.75) is 13.5 Å². The Balaban J connectivity index is 2.10. The molecule has 0 radical (unpaired) electrons. The number of nitrogens with one attached hydrogen (secondary N) is 1. The second kappa shape index (κ2) is 7.76. The molecule has 4 nitrogen and oxygen atoms in total. The molecule has 4 heteroatoms. The number of hydrogen-bond donors (Lipinski definition) is 1. The summed E-state index contributed by atoms with van der Waals surface area (Å²) in [5.74, 6) is 0.845. The minimum atomic E-state index is 0.717. The van der Waals surface area contributed by atoms with Gasteiger partial charge < -0.3 is 14.8 Å². The van der Waals surface area contributed by atoms with E-state index < -0.39 is 0 Å². The average molecular weight is 286 g/mol. The van der Waals surface area contributed by atoms with Crippen molar-refractivity contribution in [2.24, 2.45) is 0 Å². The smallest absolute Gasteiger partial charge is 0.119 e. The lowest BCUT2D eigenvalue weighted by atomic mass is 10.1. The van der Waals surface area contributed by atoms with Gasteiger partial charge in [-0.1, -0.05) is 18.2 Å². The van der Waals surface area contributed by atoms with Crippen LogP contribution >= 0.6 is 0 Å². The van der Waals surface area contributed by atoms with Crippen molar-refractivity contribution in [1.29, 1.82) is 0 Å². The van der Waals surface area contributed by atoms with Crippen molar-refractivity contribution in [3.8, 4) is 17.0 Å². The van der Waals surface area contributed by atoms with E-state index in [1.807, 2.05) is 31.2 Å². The van der Waals surface area contributed by atoms with Gasteiger partial charge in [-0.05, 0) is 30.7 Å². The molecule has 1 N–H and O–H groups in total. The summed E-state index contributed by atoms with van der Waals surface area (Å²) < 4.78 is 10.3. The fourth-order valence-corrected chi connectivity index (χ4v) is 2.12. The van der Waals surface area contributed by atoms with E-state index in [1.54, 1.807) is 14.2 Å². The quantitative estimate of drug-likeness (QED) is 0.795. The second-order valence-corrected chi connectivity index (χ2v) is 4.84. The highest BCUT2D eigenvalue weighted by Crippen LogP contribution is 2.23. The molecule has 1 aromatic carbocycles. The molecule has 0 saturated heterocycles. The van der Waals surface area contributed by atoms with Crippen molar-refractivity contribution < 1.29 is 9.47 Å². The van der Waals surface area contributed by atoms with Gasteiger partial charge in [-0.2, -0.15) is 0 Å². The van der Waals surface area contributed by atoms with Crippen LogP contribution in [-0.2, 0) is 11.3 Å². The van der Waals surface area contributed by atoms with E-state index in [2.05, 4.69) is 17.4 Å². The Bertz CT molecular complexity index is 585. The van der Waals surface area contributed by atoms with Gasteiger partial charge in [-0.15, -0.1) is 0 Å². The van der Waals surface area contributed by atoms with E-state index >= 15 is 0 Å². The van der Waals surface area contributed by atoms with Crippen LogP contribution in [0.15, 0.2) is 36.4 Å². The summed E-state index contributed by atoms with van der Waals surface area (Å²) >= 11 is 0. The van der Waals surface area contributed by atoms with Crippen LogP contribution in [0.5, 0.6) is 5.75 Å². The third-order valence-electron chi connectivity index (χ3n) is 3.36. The van der Waals surface area contributed by atoms with Gasteiger partial charge in [-0.3, -0.25) is 4.98 Å². The lowest BCUT2D eigenvalue weighted by molar-refractivity contribution is 0.199. The van der Waals surface area contributed by atoms with Gasteiger partial charge in [0.2, 0.25) is 0 Å². The number of methoxy groups -OCH3 is 2. The Kier molecular flexibility index (Phi) is 5.72. The summed E-state index contributed by atoms with van der Waals surface area (Å²) in [6, 6.07) is 12.1. The van der Waals surface area contributed by atoms with Gasteiger partial charge in [0.1, 0.15) is 5.75 Å². The summed E-state index contributed by atoms with van der Waals surface area (Å²) in [6.45, 7) is 4.40. The fourth-order valence-electron chi connectivity index (χ4n) is 2.12. The van der Waals surface area contributed by atoms with E-state index in [1.165, 1.54) is 5.56 Å². The molecule has 0 spiro atoms. The summed E-state index contributed by atoms with van der Waals surface area (Å²) in [5, 5.41) is 3.34. The van der Waals surface area contributed by atoms with Gasteiger partial charge in [0.15, 0.2) is 0 Å². The van der Waals surface area contributed by atoms with E-state index in [4.69, 9.17) is 14.5 Å². The third-order valence-corrected chi connectivity index (χ3v) is 3.36. The first kappa shape index (κ1) is 15.5. The van der Waals surface area contributed by atoms with E-state index in [0.717, 1.165) is 35.8 Å². The Morgan fingerprint density at radius 3 is 2.71 bits per heavy atom. The van der Waals surface area contributed by atoms with Crippen molar-refractivity contribution >= 4 is 0 Å². The molecule has 0 amide bonds. The number of aromatic nitrogens is 1. The Hall–Kier alpha value is -1.91. The number of pyridine rings is 1. The monoisotopic (exact) mass is 286 g/mol. The van der Waals surface area contributed by atoms with E-state index in [9.17, 15) is 0 Å². The largest absolute Gasteiger partial charge is 0.497 e. The zero-order valence-electron chi connectivity index (χ0n) is 12.8. The molecule has 0 bridgehead atoms. The molecule has 112 valence electrons. The standard InChI is InChI=1S/C17H22N2O2/c1-13-15(12-18-9-10-20-2)7-8-17(19-13)14-5-4-6-16(11-14)21-3/h4-8,11,18H,9-10,12H2,1-3H3. The molecule has 0 aliphatic heterocycles. The highest BCUT2D eigenvalue weighted by molar-refractivity contribution is 5.61. The highest BCUT2D eigenvalue weighted by Gasteiger charge is 2.05. The van der Waals surface area contributed by atoms with E-state index in [0.29, 0.717) is 6.61 Å². The van der Waals surface area contributed by atoms with Gasteiger partial charge in [-0.25, -0.2) is 0 Å². The summed E-state index contributed by atoms with van der Waals surface area (Å²) in [7, 11) is 3.38. The minimum Gasteiger partial charge on any atom is -0.497 e. The molecule has 0 aliphatic rings. The number of aryl methyl sites for hydroxylation is 1. The Morgan fingerprint density at radius 2 is 2.00 bits per heavy atom. The maximum Gasteiger partial charge on any atom is 0.119 e. The summed E-state index contributed by atoms with van der Waals surface area (Å²) in [4.78, 5) is 4.69. The summed E-state index contributed by atoms with van der Waals surface area (Å²) in [5.41, 5.74) is 4.28. The second-order valence-electron chi connectivity index (χ2n) is 4.84. The van der Waals surface area contributed by atoms with Crippen LogP contribution < -0.4 is 10.1 Å². The molecule has 2 rings (SSSR count). The zero-order valence-corrected chi connectivity index (χ0v) is 12.8. The predicted octanol–water partition coefficient (Wildman–Crippen LogP) is 2.80. The first-order chi connectivity index (χ1) is 10.2. The van der Waals surface area contributed by atoms with Gasteiger partial charge in [0, 0.05) is 31.5 Å². The predicted molar refractivity (Wildman–Crippen MR) is 84.5 cm³/mol. The maximum absolute atomic E-state index is 5.26. The molecule has 0 fully saturated rings. The van der Waals surface area contributed by atoms with Gasteiger partial charge in [0.05, 0.1) is 19.4 Å². The van der Waals surface area contributed by atoms with Crippen LogP contribution in [0.1, 0.15) is 11.3 Å². The van der Waals surface area contributed by atoms with Crippen LogP contribution in [0.25, 0.3) is 11.3 Å². The maximum atomic E-state index is 5.26. The molecule has 1 heterocycles. The SMILES string of the molecule is COCCNCc1ccc(-c2cccc(OC)c2)nc1C. The number of benzene rings is 1. The first-order valence-electron chi connectivity index (χ1n) is 7.05. The number of nitrogens with zero attached hydrogens (tertiary/aromatic N) is 1. The lowest BCUT2D eigenvalue weighted by Gasteiger charge is -2.10. The molecule has 21 heavy (non-hydrogen) atoms.